The number of unbranched alkanes of at least 4 members (excludes halogenated alkanes) is 2. The molecule has 2 aromatic rings. The average molecular weight is 458 g/mol. The van der Waals surface area contributed by atoms with Crippen molar-refractivity contribution in [2.45, 2.75) is 52.5 Å². The number of benzene rings is 1. The maximum atomic E-state index is 6.48. The zero-order valence-corrected chi connectivity index (χ0v) is 19.5. The Kier molecular flexibility index (Phi) is 8.26. The van der Waals surface area contributed by atoms with Gasteiger partial charge in [-0.05, 0) is 71.3 Å². The van der Waals surface area contributed by atoms with Crippen molar-refractivity contribution in [2.24, 2.45) is 0 Å². The molecule has 0 radical (unpaired) electrons. The van der Waals surface area contributed by atoms with E-state index in [0.29, 0.717) is 12.5 Å². The molecule has 5 heteroatoms. The van der Waals surface area contributed by atoms with E-state index in [9.17, 15) is 0 Å². The molecular formula is C22H32BrClNO2+. The van der Waals surface area contributed by atoms with Crippen LogP contribution in [0.4, 0.5) is 0 Å². The van der Waals surface area contributed by atoms with E-state index in [4.69, 9.17) is 20.8 Å². The Hall–Kier alpha value is -0.970. The summed E-state index contributed by atoms with van der Waals surface area (Å²) in [7, 11) is 4.49. The van der Waals surface area contributed by atoms with Gasteiger partial charge in [0, 0.05) is 0 Å². The van der Waals surface area contributed by atoms with Crippen LogP contribution < -0.4 is 4.74 Å². The van der Waals surface area contributed by atoms with E-state index in [1.54, 1.807) is 0 Å². The number of aryl methyl sites for hydroxylation is 1. The Labute approximate surface area is 177 Å². The molecule has 1 aromatic heterocycles. The minimum absolute atomic E-state index is 0.401. The highest BCUT2D eigenvalue weighted by molar-refractivity contribution is 9.10. The van der Waals surface area contributed by atoms with Gasteiger partial charge < -0.3 is 13.6 Å². The zero-order chi connectivity index (χ0) is 20.0. The zero-order valence-electron chi connectivity index (χ0n) is 17.1. The van der Waals surface area contributed by atoms with Gasteiger partial charge in [0.15, 0.2) is 10.4 Å². The fourth-order valence-corrected chi connectivity index (χ4v) is 3.77. The van der Waals surface area contributed by atoms with E-state index in [2.05, 4.69) is 56.0 Å². The molecule has 0 aliphatic carbocycles. The van der Waals surface area contributed by atoms with Gasteiger partial charge in [-0.1, -0.05) is 37.6 Å². The molecule has 1 aromatic carbocycles. The summed E-state index contributed by atoms with van der Waals surface area (Å²) in [6.07, 6.45) is 3.34. The number of hydrogen-bond donors (Lipinski definition) is 0. The first-order chi connectivity index (χ1) is 12.7. The van der Waals surface area contributed by atoms with Gasteiger partial charge in [-0.25, -0.2) is 0 Å². The number of hydrogen-bond acceptors (Lipinski definition) is 2. The molecular weight excluding hydrogens is 426 g/mol. The smallest absolute Gasteiger partial charge is 0.169 e. The number of furan rings is 1. The van der Waals surface area contributed by atoms with E-state index in [-0.39, 0.29) is 0 Å². The van der Waals surface area contributed by atoms with E-state index in [0.717, 1.165) is 63.6 Å². The Balaban J connectivity index is 1.75. The third-order valence-electron chi connectivity index (χ3n) is 4.81. The molecule has 0 saturated heterocycles. The molecule has 2 rings (SSSR count). The van der Waals surface area contributed by atoms with Crippen LogP contribution in [0.1, 0.15) is 55.9 Å². The van der Waals surface area contributed by atoms with Gasteiger partial charge in [0.1, 0.15) is 12.3 Å². The maximum absolute atomic E-state index is 6.48. The molecule has 0 aliphatic rings. The lowest BCUT2D eigenvalue weighted by Gasteiger charge is -2.28. The first kappa shape index (κ1) is 22.3. The topological polar surface area (TPSA) is 22.4 Å². The lowest BCUT2D eigenvalue weighted by molar-refractivity contribution is -0.904. The molecule has 0 bridgehead atoms. The first-order valence-electron chi connectivity index (χ1n) is 9.67. The lowest BCUT2D eigenvalue weighted by atomic mass is 10.0. The predicted molar refractivity (Wildman–Crippen MR) is 117 cm³/mol. The van der Waals surface area contributed by atoms with Gasteiger partial charge in [-0.2, -0.15) is 0 Å². The quantitative estimate of drug-likeness (QED) is 0.284. The predicted octanol–water partition coefficient (Wildman–Crippen LogP) is 6.95. The molecule has 0 aliphatic heterocycles. The van der Waals surface area contributed by atoms with Crippen molar-refractivity contribution in [2.75, 3.05) is 27.2 Å². The molecule has 150 valence electrons. The first-order valence-corrected chi connectivity index (χ1v) is 10.8. The van der Waals surface area contributed by atoms with Gasteiger partial charge in [0.2, 0.25) is 0 Å². The third-order valence-corrected chi connectivity index (χ3v) is 5.71. The third kappa shape index (κ3) is 6.85. The highest BCUT2D eigenvalue weighted by atomic mass is 79.9. The Morgan fingerprint density at radius 1 is 1.11 bits per heavy atom. The van der Waals surface area contributed by atoms with Crippen LogP contribution in [0, 0.1) is 6.92 Å². The van der Waals surface area contributed by atoms with Crippen molar-refractivity contribution in [3.05, 3.63) is 50.8 Å². The van der Waals surface area contributed by atoms with Crippen molar-refractivity contribution in [3.63, 3.8) is 0 Å². The van der Waals surface area contributed by atoms with E-state index >= 15 is 0 Å². The molecule has 0 unspecified atom stereocenters. The number of rotatable bonds is 10. The van der Waals surface area contributed by atoms with E-state index < -0.39 is 0 Å². The SMILES string of the molecule is Cc1ccc(C(C)C)c(OCCCCC[N+](C)(C)Cc2ccc(Br)o2)c1Cl. The maximum Gasteiger partial charge on any atom is 0.169 e. The van der Waals surface area contributed by atoms with Crippen LogP contribution in [0.15, 0.2) is 33.4 Å². The molecule has 0 saturated carbocycles. The largest absolute Gasteiger partial charge is 0.492 e. The summed E-state index contributed by atoms with van der Waals surface area (Å²) in [5, 5.41) is 0.753. The van der Waals surface area contributed by atoms with E-state index in [1.807, 2.05) is 19.1 Å². The summed E-state index contributed by atoms with van der Waals surface area (Å²) in [4.78, 5) is 0. The number of nitrogens with zero attached hydrogens (tertiary/aromatic N) is 1. The van der Waals surface area contributed by atoms with Crippen molar-refractivity contribution in [1.82, 2.24) is 0 Å². The monoisotopic (exact) mass is 456 g/mol. The normalized spacial score (nSPS) is 12.0. The highest BCUT2D eigenvalue weighted by Gasteiger charge is 2.18. The van der Waals surface area contributed by atoms with Crippen LogP contribution in [0.2, 0.25) is 5.02 Å². The van der Waals surface area contributed by atoms with Crippen LogP contribution >= 0.6 is 27.5 Å². The number of quaternary nitrogens is 1. The van der Waals surface area contributed by atoms with Crippen molar-refractivity contribution < 1.29 is 13.6 Å². The Bertz CT molecular complexity index is 740. The molecule has 3 nitrogen and oxygen atoms in total. The van der Waals surface area contributed by atoms with Gasteiger partial charge in [0.05, 0.1) is 32.3 Å². The summed E-state index contributed by atoms with van der Waals surface area (Å²) < 4.78 is 13.4. The molecule has 1 heterocycles. The summed E-state index contributed by atoms with van der Waals surface area (Å²) in [5.41, 5.74) is 2.26. The van der Waals surface area contributed by atoms with Crippen LogP contribution in [0.3, 0.4) is 0 Å². The lowest BCUT2D eigenvalue weighted by Crippen LogP contribution is -2.39. The molecule has 0 atom stereocenters. The second-order valence-electron chi connectivity index (χ2n) is 8.20. The second-order valence-corrected chi connectivity index (χ2v) is 9.36. The second kappa shape index (κ2) is 9.99. The summed E-state index contributed by atoms with van der Waals surface area (Å²) in [6.45, 7) is 9.09. The van der Waals surface area contributed by atoms with Crippen molar-refractivity contribution >= 4 is 27.5 Å². The standard InChI is InChI=1S/C22H32BrClNO2/c1-16(2)19-11-9-17(3)21(24)22(19)26-14-8-6-7-13-25(4,5)15-18-10-12-20(23)27-18/h9-12,16H,6-8,13-15H2,1-5H3/q+1. The van der Waals surface area contributed by atoms with Gasteiger partial charge in [-0.3, -0.25) is 0 Å². The molecule has 0 N–H and O–H groups in total. The molecule has 0 fully saturated rings. The fourth-order valence-electron chi connectivity index (χ4n) is 3.20. The van der Waals surface area contributed by atoms with Gasteiger partial charge >= 0.3 is 0 Å². The van der Waals surface area contributed by atoms with Gasteiger partial charge in [-0.15, -0.1) is 0 Å². The average Bonchev–Trinajstić information content (AvgIpc) is 2.98. The number of ether oxygens (including phenoxy) is 1. The number of halogens is 2. The van der Waals surface area contributed by atoms with E-state index in [1.165, 1.54) is 5.56 Å². The fraction of sp³-hybridized carbons (Fsp3) is 0.545. The van der Waals surface area contributed by atoms with Gasteiger partial charge in [0.25, 0.3) is 0 Å². The highest BCUT2D eigenvalue weighted by Crippen LogP contribution is 2.36. The summed E-state index contributed by atoms with van der Waals surface area (Å²) in [6, 6.07) is 8.20. The van der Waals surface area contributed by atoms with Crippen molar-refractivity contribution in [1.29, 1.82) is 0 Å². The Morgan fingerprint density at radius 3 is 2.48 bits per heavy atom. The summed E-state index contributed by atoms with van der Waals surface area (Å²) >= 11 is 9.85. The van der Waals surface area contributed by atoms with Crippen molar-refractivity contribution in [3.8, 4) is 5.75 Å². The minimum Gasteiger partial charge on any atom is -0.492 e. The van der Waals surface area contributed by atoms with Crippen LogP contribution in [0.5, 0.6) is 5.75 Å². The van der Waals surface area contributed by atoms with Crippen LogP contribution in [0.25, 0.3) is 0 Å². The Morgan fingerprint density at radius 2 is 1.85 bits per heavy atom. The summed E-state index contributed by atoms with van der Waals surface area (Å²) in [5.74, 6) is 2.29. The van der Waals surface area contributed by atoms with Crippen LogP contribution in [-0.2, 0) is 6.54 Å². The molecule has 27 heavy (non-hydrogen) atoms. The minimum atomic E-state index is 0.401. The molecule has 0 spiro atoms. The van der Waals surface area contributed by atoms with Crippen LogP contribution in [-0.4, -0.2) is 31.7 Å². The molecule has 0 amide bonds.